The van der Waals surface area contributed by atoms with Gasteiger partial charge in [-0.1, -0.05) is 66.7 Å². The number of ether oxygens (including phenoxy) is 1. The summed E-state index contributed by atoms with van der Waals surface area (Å²) in [5, 5.41) is 10.0. The van der Waals surface area contributed by atoms with E-state index in [1.54, 1.807) is 31.7 Å². The Hall–Kier alpha value is -1.46. The fourth-order valence-electron chi connectivity index (χ4n) is 2.32. The normalized spacial score (nSPS) is 12.1. The van der Waals surface area contributed by atoms with Gasteiger partial charge in [0.15, 0.2) is 5.60 Å². The lowest BCUT2D eigenvalue weighted by Crippen LogP contribution is -2.37. The summed E-state index contributed by atoms with van der Waals surface area (Å²) in [5.41, 5.74) is 1.38. The molecule has 26 heavy (non-hydrogen) atoms. The molecule has 0 saturated heterocycles. The Morgan fingerprint density at radius 2 is 1.81 bits per heavy atom. The Kier molecular flexibility index (Phi) is 6.46. The summed E-state index contributed by atoms with van der Waals surface area (Å²) in [6, 6.07) is 14.1. The summed E-state index contributed by atoms with van der Waals surface area (Å²) in [5.74, 6) is -0.441. The minimum absolute atomic E-state index is 0.107. The third kappa shape index (κ3) is 5.27. The second-order valence-electron chi connectivity index (χ2n) is 7.70. The van der Waals surface area contributed by atoms with Crippen LogP contribution in [0.15, 0.2) is 52.3 Å². The fourth-order valence-corrected chi connectivity index (χ4v) is 3.94. The van der Waals surface area contributed by atoms with Crippen molar-refractivity contribution in [2.45, 2.75) is 60.8 Å². The van der Waals surface area contributed by atoms with Crippen molar-refractivity contribution in [1.82, 2.24) is 0 Å². The van der Waals surface area contributed by atoms with E-state index in [1.807, 2.05) is 18.2 Å². The number of hydrogen-bond acceptors (Lipinski definition) is 3. The molecule has 0 heterocycles. The molecular formula is C21H25BrO3S. The predicted octanol–water partition coefficient (Wildman–Crippen LogP) is 6.27. The van der Waals surface area contributed by atoms with Gasteiger partial charge in [-0.05, 0) is 54.7 Å². The van der Waals surface area contributed by atoms with Gasteiger partial charge in [0.2, 0.25) is 0 Å². The van der Waals surface area contributed by atoms with Crippen molar-refractivity contribution in [2.24, 2.45) is 0 Å². The van der Waals surface area contributed by atoms with Crippen molar-refractivity contribution in [1.29, 1.82) is 0 Å². The van der Waals surface area contributed by atoms with Crippen LogP contribution < -0.4 is 4.74 Å². The van der Waals surface area contributed by atoms with Crippen LogP contribution in [0.3, 0.4) is 0 Å². The number of carboxylic acids is 1. The van der Waals surface area contributed by atoms with Gasteiger partial charge in [0.05, 0.1) is 0 Å². The molecule has 0 atom stereocenters. The molecule has 0 aliphatic carbocycles. The van der Waals surface area contributed by atoms with Crippen LogP contribution in [0.5, 0.6) is 5.75 Å². The van der Waals surface area contributed by atoms with Crippen molar-refractivity contribution in [2.75, 3.05) is 0 Å². The summed E-state index contributed by atoms with van der Waals surface area (Å²) < 4.78 is 5.64. The lowest BCUT2D eigenvalue weighted by Gasteiger charge is -2.22. The third-order valence-corrected chi connectivity index (χ3v) is 5.70. The van der Waals surface area contributed by atoms with Crippen molar-refractivity contribution < 1.29 is 14.6 Å². The number of hydrogen-bond donors (Lipinski definition) is 1. The largest absolute Gasteiger partial charge is 0.478 e. The van der Waals surface area contributed by atoms with Crippen LogP contribution in [-0.2, 0) is 15.5 Å². The van der Waals surface area contributed by atoms with Gasteiger partial charge >= 0.3 is 5.97 Å². The summed E-state index contributed by atoms with van der Waals surface area (Å²) in [6.45, 7) is 9.71. The SMILES string of the molecule is CC(C)(Oc1cccc(Sc2ccc(C(C)(C)C)cc2CBr)c1)C(=O)O. The first-order valence-corrected chi connectivity index (χ1v) is 10.4. The summed E-state index contributed by atoms with van der Waals surface area (Å²) >= 11 is 5.24. The van der Waals surface area contributed by atoms with Crippen molar-refractivity contribution in [3.63, 3.8) is 0 Å². The van der Waals surface area contributed by atoms with Crippen LogP contribution in [-0.4, -0.2) is 16.7 Å². The van der Waals surface area contributed by atoms with Crippen LogP contribution in [0.1, 0.15) is 45.7 Å². The molecule has 0 aromatic heterocycles. The van der Waals surface area contributed by atoms with Gasteiger partial charge in [0.1, 0.15) is 5.75 Å². The zero-order chi connectivity index (χ0) is 19.5. The Morgan fingerprint density at radius 3 is 2.38 bits per heavy atom. The maximum atomic E-state index is 11.3. The molecule has 0 saturated carbocycles. The number of benzene rings is 2. The van der Waals surface area contributed by atoms with Gasteiger partial charge in [-0.15, -0.1) is 0 Å². The Labute approximate surface area is 168 Å². The first-order chi connectivity index (χ1) is 12.0. The molecule has 0 aliphatic heterocycles. The number of alkyl halides is 1. The van der Waals surface area contributed by atoms with E-state index < -0.39 is 11.6 Å². The summed E-state index contributed by atoms with van der Waals surface area (Å²) in [6.07, 6.45) is 0. The molecule has 140 valence electrons. The van der Waals surface area contributed by atoms with E-state index in [1.165, 1.54) is 16.0 Å². The van der Waals surface area contributed by atoms with Crippen molar-refractivity contribution in [3.05, 3.63) is 53.6 Å². The minimum atomic E-state index is -1.27. The second kappa shape index (κ2) is 8.05. The number of carboxylic acid groups (broad SMARTS) is 1. The average Bonchev–Trinajstić information content (AvgIpc) is 2.54. The van der Waals surface area contributed by atoms with Gasteiger partial charge in [0, 0.05) is 15.1 Å². The van der Waals surface area contributed by atoms with Gasteiger partial charge in [0.25, 0.3) is 0 Å². The van der Waals surface area contributed by atoms with Crippen LogP contribution in [0.2, 0.25) is 0 Å². The van der Waals surface area contributed by atoms with Crippen LogP contribution >= 0.6 is 27.7 Å². The molecule has 2 rings (SSSR count). The standard InChI is InChI=1S/C21H25BrO3S/c1-20(2,3)15-9-10-18(14(11-15)13-22)26-17-8-6-7-16(12-17)25-21(4,5)19(23)24/h6-12H,13H2,1-5H3,(H,23,24). The molecule has 2 aromatic rings. The fraction of sp³-hybridized carbons (Fsp3) is 0.381. The highest BCUT2D eigenvalue weighted by atomic mass is 79.9. The average molecular weight is 437 g/mol. The molecule has 0 unspecified atom stereocenters. The van der Waals surface area contributed by atoms with E-state index in [4.69, 9.17) is 4.74 Å². The number of aliphatic carboxylic acids is 1. The lowest BCUT2D eigenvalue weighted by atomic mass is 9.86. The highest BCUT2D eigenvalue weighted by molar-refractivity contribution is 9.08. The molecule has 0 spiro atoms. The molecule has 0 aliphatic rings. The van der Waals surface area contributed by atoms with Crippen LogP contribution in [0.4, 0.5) is 0 Å². The molecule has 5 heteroatoms. The zero-order valence-electron chi connectivity index (χ0n) is 15.8. The summed E-state index contributed by atoms with van der Waals surface area (Å²) in [4.78, 5) is 13.4. The monoisotopic (exact) mass is 436 g/mol. The first kappa shape index (κ1) is 20.8. The molecule has 1 N–H and O–H groups in total. The zero-order valence-corrected chi connectivity index (χ0v) is 18.2. The lowest BCUT2D eigenvalue weighted by molar-refractivity contribution is -0.152. The molecule has 0 radical (unpaired) electrons. The quantitative estimate of drug-likeness (QED) is 0.541. The smallest absolute Gasteiger partial charge is 0.347 e. The van der Waals surface area contributed by atoms with Crippen molar-refractivity contribution >= 4 is 33.7 Å². The van der Waals surface area contributed by atoms with E-state index in [9.17, 15) is 9.90 Å². The van der Waals surface area contributed by atoms with Gasteiger partial charge in [-0.2, -0.15) is 0 Å². The van der Waals surface area contributed by atoms with E-state index in [0.29, 0.717) is 5.75 Å². The van der Waals surface area contributed by atoms with Crippen LogP contribution in [0, 0.1) is 0 Å². The maximum Gasteiger partial charge on any atom is 0.347 e. The third-order valence-electron chi connectivity index (χ3n) is 3.99. The van der Waals surface area contributed by atoms with E-state index >= 15 is 0 Å². The molecule has 0 bridgehead atoms. The summed E-state index contributed by atoms with van der Waals surface area (Å²) in [7, 11) is 0. The Bertz CT molecular complexity index is 794. The molecule has 0 fully saturated rings. The van der Waals surface area contributed by atoms with Crippen LogP contribution in [0.25, 0.3) is 0 Å². The highest BCUT2D eigenvalue weighted by Gasteiger charge is 2.29. The Morgan fingerprint density at radius 1 is 1.12 bits per heavy atom. The van der Waals surface area contributed by atoms with Gasteiger partial charge in [-0.25, -0.2) is 4.79 Å². The first-order valence-electron chi connectivity index (χ1n) is 8.42. The molecule has 2 aromatic carbocycles. The van der Waals surface area contributed by atoms with Gasteiger partial charge in [-0.3, -0.25) is 0 Å². The topological polar surface area (TPSA) is 46.5 Å². The van der Waals surface area contributed by atoms with E-state index in [2.05, 4.69) is 54.9 Å². The maximum absolute atomic E-state index is 11.3. The molecule has 3 nitrogen and oxygen atoms in total. The number of rotatable bonds is 6. The van der Waals surface area contributed by atoms with E-state index in [-0.39, 0.29) is 5.41 Å². The Balaban J connectivity index is 2.26. The number of carbonyl (C=O) groups is 1. The second-order valence-corrected chi connectivity index (χ2v) is 9.38. The molecular weight excluding hydrogens is 412 g/mol. The van der Waals surface area contributed by atoms with E-state index in [0.717, 1.165) is 10.2 Å². The van der Waals surface area contributed by atoms with Crippen molar-refractivity contribution in [3.8, 4) is 5.75 Å². The van der Waals surface area contributed by atoms with Gasteiger partial charge < -0.3 is 9.84 Å². The highest BCUT2D eigenvalue weighted by Crippen LogP contribution is 2.36. The number of halogens is 1. The molecule has 0 amide bonds. The predicted molar refractivity (Wildman–Crippen MR) is 111 cm³/mol. The minimum Gasteiger partial charge on any atom is -0.478 e.